The predicted octanol–water partition coefficient (Wildman–Crippen LogP) is 2.11. The van der Waals surface area contributed by atoms with E-state index >= 15 is 0 Å². The first kappa shape index (κ1) is 14.3. The third-order valence-electron chi connectivity index (χ3n) is 2.66. The molecule has 0 atom stereocenters. The van der Waals surface area contributed by atoms with Gasteiger partial charge in [-0.15, -0.1) is 11.3 Å². The van der Waals surface area contributed by atoms with E-state index in [9.17, 15) is 9.59 Å². The van der Waals surface area contributed by atoms with Gasteiger partial charge in [0, 0.05) is 17.8 Å². The number of nitrogens with zero attached hydrogens (tertiary/aromatic N) is 1. The molecule has 106 valence electrons. The highest BCUT2D eigenvalue weighted by Crippen LogP contribution is 2.20. The van der Waals surface area contributed by atoms with Crippen molar-refractivity contribution in [3.8, 4) is 0 Å². The average molecular weight is 293 g/mol. The summed E-state index contributed by atoms with van der Waals surface area (Å²) in [4.78, 5) is 28.5. The minimum atomic E-state index is -0.330. The van der Waals surface area contributed by atoms with Crippen LogP contribution in [0.15, 0.2) is 22.8 Å². The molecule has 2 rings (SSSR count). The van der Waals surface area contributed by atoms with E-state index in [1.807, 2.05) is 13.8 Å². The van der Waals surface area contributed by atoms with Gasteiger partial charge in [-0.2, -0.15) is 0 Å². The molecule has 0 fully saturated rings. The number of rotatable bonds is 5. The van der Waals surface area contributed by atoms with Gasteiger partial charge in [0.1, 0.15) is 0 Å². The second kappa shape index (κ2) is 6.33. The number of hydrogen-bond acceptors (Lipinski definition) is 5. The maximum absolute atomic E-state index is 11.7. The summed E-state index contributed by atoms with van der Waals surface area (Å²) in [5, 5.41) is 5.90. The normalized spacial score (nSPS) is 10.3. The highest BCUT2D eigenvalue weighted by molar-refractivity contribution is 7.15. The minimum absolute atomic E-state index is 0.182. The number of thiazole rings is 1. The Kier molecular flexibility index (Phi) is 4.52. The van der Waals surface area contributed by atoms with Gasteiger partial charge in [-0.3, -0.25) is 9.59 Å². The predicted molar refractivity (Wildman–Crippen MR) is 75.9 cm³/mol. The maximum atomic E-state index is 11.7. The van der Waals surface area contributed by atoms with Gasteiger partial charge in [0.05, 0.1) is 12.0 Å². The topological polar surface area (TPSA) is 84.2 Å². The van der Waals surface area contributed by atoms with Crippen molar-refractivity contribution in [1.82, 2.24) is 10.3 Å². The van der Waals surface area contributed by atoms with Crippen molar-refractivity contribution in [2.24, 2.45) is 0 Å². The van der Waals surface area contributed by atoms with Gasteiger partial charge in [-0.1, -0.05) is 0 Å². The first-order valence-corrected chi connectivity index (χ1v) is 6.93. The largest absolute Gasteiger partial charge is 0.459 e. The van der Waals surface area contributed by atoms with Crippen LogP contribution in [0.25, 0.3) is 0 Å². The van der Waals surface area contributed by atoms with Crippen LogP contribution in [-0.4, -0.2) is 23.3 Å². The smallest absolute Gasteiger partial charge is 0.286 e. The molecule has 2 aromatic heterocycles. The number of aryl methyl sites for hydroxylation is 2. The van der Waals surface area contributed by atoms with Crippen molar-refractivity contribution >= 4 is 28.3 Å². The molecule has 7 heteroatoms. The van der Waals surface area contributed by atoms with Gasteiger partial charge in [0.2, 0.25) is 5.91 Å². The summed E-state index contributed by atoms with van der Waals surface area (Å²) in [5.41, 5.74) is 0.913. The van der Waals surface area contributed by atoms with E-state index in [-0.39, 0.29) is 30.5 Å². The van der Waals surface area contributed by atoms with Crippen LogP contribution in [0.2, 0.25) is 0 Å². The molecule has 20 heavy (non-hydrogen) atoms. The molecule has 0 saturated carbocycles. The van der Waals surface area contributed by atoms with E-state index in [1.54, 1.807) is 12.1 Å². The first-order chi connectivity index (χ1) is 9.56. The van der Waals surface area contributed by atoms with Crippen LogP contribution < -0.4 is 10.6 Å². The van der Waals surface area contributed by atoms with Crippen LogP contribution >= 0.6 is 11.3 Å². The van der Waals surface area contributed by atoms with Crippen LogP contribution in [0.1, 0.15) is 27.5 Å². The SMILES string of the molecule is Cc1nc(NC(=O)CCNC(=O)c2ccco2)sc1C. The first-order valence-electron chi connectivity index (χ1n) is 6.12. The number of anilines is 1. The van der Waals surface area contributed by atoms with E-state index in [1.165, 1.54) is 17.6 Å². The molecule has 0 aliphatic rings. The number of amides is 2. The number of carbonyl (C=O) groups excluding carboxylic acids is 2. The fourth-order valence-electron chi connectivity index (χ4n) is 1.49. The molecular weight excluding hydrogens is 278 g/mol. The van der Waals surface area contributed by atoms with Gasteiger partial charge < -0.3 is 15.1 Å². The Hall–Kier alpha value is -2.15. The van der Waals surface area contributed by atoms with E-state index in [2.05, 4.69) is 15.6 Å². The lowest BCUT2D eigenvalue weighted by Crippen LogP contribution is -2.27. The minimum Gasteiger partial charge on any atom is -0.459 e. The molecule has 2 aromatic rings. The molecule has 0 spiro atoms. The lowest BCUT2D eigenvalue weighted by Gasteiger charge is -2.03. The summed E-state index contributed by atoms with van der Waals surface area (Å²) in [6.07, 6.45) is 1.61. The van der Waals surface area contributed by atoms with Crippen molar-refractivity contribution in [2.45, 2.75) is 20.3 Å². The van der Waals surface area contributed by atoms with Crippen molar-refractivity contribution in [2.75, 3.05) is 11.9 Å². The Balaban J connectivity index is 1.74. The molecule has 0 saturated heterocycles. The van der Waals surface area contributed by atoms with Gasteiger partial charge >= 0.3 is 0 Å². The lowest BCUT2D eigenvalue weighted by atomic mass is 10.3. The quantitative estimate of drug-likeness (QED) is 0.884. The Bertz CT molecular complexity index is 585. The highest BCUT2D eigenvalue weighted by Gasteiger charge is 2.10. The van der Waals surface area contributed by atoms with Gasteiger partial charge in [-0.25, -0.2) is 4.98 Å². The highest BCUT2D eigenvalue weighted by atomic mass is 32.1. The summed E-state index contributed by atoms with van der Waals surface area (Å²) in [6.45, 7) is 4.09. The van der Waals surface area contributed by atoms with Crippen LogP contribution in [0.3, 0.4) is 0 Å². The zero-order chi connectivity index (χ0) is 14.5. The molecule has 2 N–H and O–H groups in total. The molecule has 6 nitrogen and oxygen atoms in total. The Morgan fingerprint density at radius 3 is 2.80 bits per heavy atom. The van der Waals surface area contributed by atoms with Crippen molar-refractivity contribution in [1.29, 1.82) is 0 Å². The van der Waals surface area contributed by atoms with Crippen LogP contribution in [0.4, 0.5) is 5.13 Å². The molecular formula is C13H15N3O3S. The van der Waals surface area contributed by atoms with Gasteiger partial charge in [-0.05, 0) is 26.0 Å². The van der Waals surface area contributed by atoms with Crippen molar-refractivity contribution in [3.63, 3.8) is 0 Å². The van der Waals surface area contributed by atoms with Crippen molar-refractivity contribution in [3.05, 3.63) is 34.7 Å². The number of furan rings is 1. The van der Waals surface area contributed by atoms with Crippen LogP contribution in [-0.2, 0) is 4.79 Å². The molecule has 0 aromatic carbocycles. The lowest BCUT2D eigenvalue weighted by molar-refractivity contribution is -0.116. The average Bonchev–Trinajstić information content (AvgIpc) is 3.00. The third-order valence-corrected chi connectivity index (χ3v) is 3.65. The molecule has 0 bridgehead atoms. The van der Waals surface area contributed by atoms with Crippen molar-refractivity contribution < 1.29 is 14.0 Å². The number of carbonyl (C=O) groups is 2. The molecule has 2 heterocycles. The Labute approximate surface area is 120 Å². The third kappa shape index (κ3) is 3.67. The van der Waals surface area contributed by atoms with Gasteiger partial charge in [0.25, 0.3) is 5.91 Å². The second-order valence-corrected chi connectivity index (χ2v) is 5.40. The van der Waals surface area contributed by atoms with E-state index in [4.69, 9.17) is 4.42 Å². The monoisotopic (exact) mass is 293 g/mol. The van der Waals surface area contributed by atoms with E-state index < -0.39 is 0 Å². The fraction of sp³-hybridized carbons (Fsp3) is 0.308. The molecule has 0 unspecified atom stereocenters. The number of hydrogen-bond donors (Lipinski definition) is 2. The number of aromatic nitrogens is 1. The Morgan fingerprint density at radius 1 is 1.40 bits per heavy atom. The zero-order valence-corrected chi connectivity index (χ0v) is 12.0. The summed E-state index contributed by atoms with van der Waals surface area (Å²) in [6, 6.07) is 3.20. The molecule has 0 aliphatic heterocycles. The van der Waals surface area contributed by atoms with Crippen LogP contribution in [0.5, 0.6) is 0 Å². The Morgan fingerprint density at radius 2 is 2.20 bits per heavy atom. The second-order valence-electron chi connectivity index (χ2n) is 4.19. The molecule has 0 radical (unpaired) electrons. The summed E-state index contributed by atoms with van der Waals surface area (Å²) in [7, 11) is 0. The van der Waals surface area contributed by atoms with E-state index in [0.29, 0.717) is 5.13 Å². The standard InChI is InChI=1S/C13H15N3O3S/c1-8-9(2)20-13(15-8)16-11(17)5-6-14-12(18)10-4-3-7-19-10/h3-4,7H,5-6H2,1-2H3,(H,14,18)(H,15,16,17). The van der Waals surface area contributed by atoms with Gasteiger partial charge in [0.15, 0.2) is 10.9 Å². The maximum Gasteiger partial charge on any atom is 0.286 e. The molecule has 2 amide bonds. The number of nitrogens with one attached hydrogen (secondary N) is 2. The molecule has 0 aliphatic carbocycles. The van der Waals surface area contributed by atoms with Crippen LogP contribution in [0, 0.1) is 13.8 Å². The fourth-order valence-corrected chi connectivity index (χ4v) is 2.32. The summed E-state index contributed by atoms with van der Waals surface area (Å²) < 4.78 is 4.94. The zero-order valence-electron chi connectivity index (χ0n) is 11.2. The summed E-state index contributed by atoms with van der Waals surface area (Å²) >= 11 is 1.44. The summed E-state index contributed by atoms with van der Waals surface area (Å²) in [5.74, 6) is -0.279. The van der Waals surface area contributed by atoms with E-state index in [0.717, 1.165) is 10.6 Å².